The highest BCUT2D eigenvalue weighted by atomic mass is 79.9. The Bertz CT molecular complexity index is 1210. The van der Waals surface area contributed by atoms with E-state index in [1.165, 1.54) is 0 Å². The van der Waals surface area contributed by atoms with Gasteiger partial charge >= 0.3 is 16.8 Å². The van der Waals surface area contributed by atoms with Crippen LogP contribution >= 0.6 is 39.0 Å². The van der Waals surface area contributed by atoms with E-state index in [1.807, 2.05) is 0 Å². The number of nitrogens with one attached hydrogen (secondary N) is 1. The number of carbonyl (C=O) groups excluding carboxylic acids is 3. The van der Waals surface area contributed by atoms with Crippen LogP contribution in [0.15, 0.2) is 32.5 Å². The van der Waals surface area contributed by atoms with Gasteiger partial charge in [0.05, 0.1) is 17.6 Å². The number of likely N-dealkylation sites (tertiary alicyclic amines) is 1. The van der Waals surface area contributed by atoms with E-state index in [1.54, 1.807) is 25.1 Å². The zero-order valence-corrected chi connectivity index (χ0v) is 20.3. The summed E-state index contributed by atoms with van der Waals surface area (Å²) in [5, 5.41) is 8.72. The van der Waals surface area contributed by atoms with Crippen molar-refractivity contribution in [2.24, 2.45) is 5.92 Å². The van der Waals surface area contributed by atoms with E-state index in [-0.39, 0.29) is 23.8 Å². The fraction of sp³-hybridized carbons (Fsp3) is 0.350. The number of ether oxygens (including phenoxy) is 2. The number of esters is 1. The number of nitrogens with zero attached hydrogens (tertiary/aromatic N) is 1. The maximum atomic E-state index is 13.3. The first-order chi connectivity index (χ1) is 15.7. The van der Waals surface area contributed by atoms with Crippen molar-refractivity contribution in [2.45, 2.75) is 23.1 Å². The molecule has 2 N–H and O–H groups in total. The molecule has 2 aliphatic heterocycles. The minimum Gasteiger partial charge on any atom is -0.482 e. The number of amides is 2. The molecule has 0 saturated carbocycles. The Morgan fingerprint density at radius 3 is 2.70 bits per heavy atom. The highest BCUT2D eigenvalue weighted by Gasteiger charge is 2.56. The molecule has 174 valence electrons. The molecule has 1 aromatic heterocycles. The molecule has 2 amide bonds. The first-order valence-electron chi connectivity index (χ1n) is 9.75. The molecule has 0 spiro atoms. The zero-order valence-electron chi connectivity index (χ0n) is 17.0. The number of thioether (sulfide) groups is 1. The molecule has 10 nitrogen and oxygen atoms in total. The van der Waals surface area contributed by atoms with Crippen LogP contribution in [0.4, 0.5) is 0 Å². The van der Waals surface area contributed by atoms with Crippen LogP contribution < -0.4 is 9.61 Å². The third-order valence-electron chi connectivity index (χ3n) is 5.17. The number of aliphatic carboxylic acids is 1. The molecule has 33 heavy (non-hydrogen) atoms. The van der Waals surface area contributed by atoms with Gasteiger partial charge in [0.1, 0.15) is 17.5 Å². The molecule has 1 aromatic carbocycles. The van der Waals surface area contributed by atoms with Crippen LogP contribution in [-0.2, 0) is 23.9 Å². The number of carboxylic acid groups (broad SMARTS) is 1. The van der Waals surface area contributed by atoms with Crippen molar-refractivity contribution in [3.8, 4) is 5.75 Å². The second kappa shape index (κ2) is 9.31. The second-order valence-corrected chi connectivity index (χ2v) is 10.3. The Labute approximate surface area is 203 Å². The third kappa shape index (κ3) is 4.44. The van der Waals surface area contributed by atoms with E-state index in [9.17, 15) is 29.1 Å². The molecule has 3 heterocycles. The summed E-state index contributed by atoms with van der Waals surface area (Å²) in [7, 11) is 0. The lowest BCUT2D eigenvalue weighted by molar-refractivity contribution is -0.149. The van der Waals surface area contributed by atoms with Crippen LogP contribution in [0.25, 0.3) is 0 Å². The number of imide groups is 1. The summed E-state index contributed by atoms with van der Waals surface area (Å²) in [6.07, 6.45) is 0. The van der Waals surface area contributed by atoms with E-state index in [0.29, 0.717) is 19.9 Å². The summed E-state index contributed by atoms with van der Waals surface area (Å²) in [6.45, 7) is 0.749. The van der Waals surface area contributed by atoms with E-state index in [2.05, 4.69) is 20.9 Å². The van der Waals surface area contributed by atoms with Crippen LogP contribution in [-0.4, -0.2) is 63.8 Å². The number of hydrogen-bond acceptors (Lipinski definition) is 9. The number of halogens is 1. The van der Waals surface area contributed by atoms with Crippen molar-refractivity contribution < 1.29 is 33.8 Å². The number of carboxylic acids is 1. The van der Waals surface area contributed by atoms with Gasteiger partial charge in [-0.05, 0) is 25.1 Å². The number of benzene rings is 1. The molecule has 4 rings (SSSR count). The summed E-state index contributed by atoms with van der Waals surface area (Å²) in [4.78, 5) is 65.1. The van der Waals surface area contributed by atoms with Crippen LogP contribution in [0.1, 0.15) is 23.3 Å². The second-order valence-electron chi connectivity index (χ2n) is 7.18. The first kappa shape index (κ1) is 23.5. The topological polar surface area (TPSA) is 143 Å². The van der Waals surface area contributed by atoms with E-state index < -0.39 is 47.4 Å². The van der Waals surface area contributed by atoms with Crippen molar-refractivity contribution in [2.75, 3.05) is 19.8 Å². The molecule has 1 fully saturated rings. The Balaban J connectivity index is 1.81. The minimum absolute atomic E-state index is 0.190. The maximum absolute atomic E-state index is 13.3. The van der Waals surface area contributed by atoms with Gasteiger partial charge in [0, 0.05) is 20.8 Å². The Kier molecular flexibility index (Phi) is 6.64. The van der Waals surface area contributed by atoms with Crippen LogP contribution in [0, 0.1) is 5.92 Å². The van der Waals surface area contributed by atoms with Crippen molar-refractivity contribution >= 4 is 62.8 Å². The zero-order chi connectivity index (χ0) is 23.9. The lowest BCUT2D eigenvalue weighted by atomic mass is 9.82. The van der Waals surface area contributed by atoms with Gasteiger partial charge in [-0.3, -0.25) is 24.1 Å². The van der Waals surface area contributed by atoms with Crippen molar-refractivity contribution in [1.29, 1.82) is 0 Å². The van der Waals surface area contributed by atoms with Crippen molar-refractivity contribution in [3.05, 3.63) is 42.8 Å². The smallest absolute Gasteiger partial charge is 0.344 e. The molecule has 0 bridgehead atoms. The fourth-order valence-corrected chi connectivity index (χ4v) is 6.84. The van der Waals surface area contributed by atoms with Gasteiger partial charge in [-0.1, -0.05) is 39.0 Å². The summed E-state index contributed by atoms with van der Waals surface area (Å²) in [6, 6.07) is 5.00. The van der Waals surface area contributed by atoms with Crippen LogP contribution in [0.2, 0.25) is 0 Å². The summed E-state index contributed by atoms with van der Waals surface area (Å²) in [5.74, 6) is -4.56. The Hall–Kier alpha value is -2.64. The number of aromatic amines is 1. The van der Waals surface area contributed by atoms with Gasteiger partial charge in [0.2, 0.25) is 11.8 Å². The van der Waals surface area contributed by atoms with Crippen LogP contribution in [0.5, 0.6) is 5.75 Å². The molecule has 2 aliphatic rings. The van der Waals surface area contributed by atoms with E-state index in [4.69, 9.17) is 9.47 Å². The predicted molar refractivity (Wildman–Crippen MR) is 121 cm³/mol. The number of carbonyl (C=O) groups is 4. The van der Waals surface area contributed by atoms with E-state index >= 15 is 0 Å². The SMILES string of the molecule is CCOC(=O)COc1ccc(Br)cc1[C@@H]1c2sc(=O)[nH]c2SC2C(=O)N(CC(=O)O)C(=O)C21. The normalized spacial score (nSPS) is 21.5. The number of hydrogen-bond donors (Lipinski definition) is 2. The van der Waals surface area contributed by atoms with Gasteiger partial charge in [0.25, 0.3) is 0 Å². The lowest BCUT2D eigenvalue weighted by Crippen LogP contribution is -2.36. The Morgan fingerprint density at radius 2 is 2.00 bits per heavy atom. The number of fused-ring (bicyclic) bond motifs is 2. The highest BCUT2D eigenvalue weighted by Crippen LogP contribution is 2.54. The third-order valence-corrected chi connectivity index (χ3v) is 8.06. The Morgan fingerprint density at radius 1 is 1.24 bits per heavy atom. The number of H-pyrrole nitrogens is 1. The number of aromatic nitrogens is 1. The van der Waals surface area contributed by atoms with E-state index in [0.717, 1.165) is 28.0 Å². The molecular weight excluding hydrogens is 540 g/mol. The monoisotopic (exact) mass is 556 g/mol. The summed E-state index contributed by atoms with van der Waals surface area (Å²) in [5.41, 5.74) is 0.485. The minimum atomic E-state index is -1.30. The lowest BCUT2D eigenvalue weighted by Gasteiger charge is -2.31. The molecule has 0 radical (unpaired) electrons. The highest BCUT2D eigenvalue weighted by molar-refractivity contribution is 9.10. The number of rotatable bonds is 7. The largest absolute Gasteiger partial charge is 0.482 e. The number of thiazole rings is 1. The van der Waals surface area contributed by atoms with Crippen molar-refractivity contribution in [1.82, 2.24) is 9.88 Å². The van der Waals surface area contributed by atoms with Gasteiger partial charge in [-0.25, -0.2) is 4.79 Å². The quantitative estimate of drug-likeness (QED) is 0.385. The van der Waals surface area contributed by atoms with Crippen molar-refractivity contribution in [3.63, 3.8) is 0 Å². The van der Waals surface area contributed by atoms with Gasteiger partial charge in [0.15, 0.2) is 6.61 Å². The molecular formula is C20H17BrN2O8S2. The summed E-state index contributed by atoms with van der Waals surface area (Å²) >= 11 is 5.36. The molecule has 13 heteroatoms. The molecule has 0 aliphatic carbocycles. The average Bonchev–Trinajstić information content (AvgIpc) is 3.23. The fourth-order valence-electron chi connectivity index (χ4n) is 3.93. The summed E-state index contributed by atoms with van der Waals surface area (Å²) < 4.78 is 11.2. The standard InChI is InChI=1S/C20H17BrN2O8S2/c1-2-30-12(26)7-31-10-4-3-8(21)5-9(10)13-14-16(32-17-15(13)33-20(29)22-17)19(28)23(18(14)27)6-11(24)25/h3-5,13-14,16H,2,6-7H2,1H3,(H,22,29)(H,24,25)/t13-,14?,16?/m0/s1. The van der Waals surface area contributed by atoms with Gasteiger partial charge in [-0.2, -0.15) is 0 Å². The van der Waals surface area contributed by atoms with Gasteiger partial charge < -0.3 is 19.6 Å². The molecule has 1 saturated heterocycles. The molecule has 2 aromatic rings. The first-order valence-corrected chi connectivity index (χ1v) is 12.2. The van der Waals surface area contributed by atoms with Crippen LogP contribution in [0.3, 0.4) is 0 Å². The van der Waals surface area contributed by atoms with Gasteiger partial charge in [-0.15, -0.1) is 0 Å². The average molecular weight is 557 g/mol. The predicted octanol–water partition coefficient (Wildman–Crippen LogP) is 1.82. The maximum Gasteiger partial charge on any atom is 0.344 e. The molecule has 3 atom stereocenters. The molecule has 2 unspecified atom stereocenters.